The smallest absolute Gasteiger partial charge is 0.134 e. The molecule has 1 N–H and O–H groups in total. The molecule has 0 spiro atoms. The molecule has 1 aromatic rings. The molecule has 1 atom stereocenters. The molecular weight excluding hydrogens is 188 g/mol. The highest BCUT2D eigenvalue weighted by molar-refractivity contribution is 5.46. The minimum atomic E-state index is -0.542. The zero-order valence-corrected chi connectivity index (χ0v) is 9.16. The number of hydrogen-bond donors (Lipinski definition) is 1. The van der Waals surface area contributed by atoms with Crippen LogP contribution in [0, 0.1) is 11.8 Å². The number of aliphatic hydroxyl groups excluding tert-OH is 1. The second kappa shape index (κ2) is 6.10. The molecule has 0 aromatic heterocycles. The summed E-state index contributed by atoms with van der Waals surface area (Å²) < 4.78 is 5.15. The molecule has 0 fully saturated rings. The lowest BCUT2D eigenvalue weighted by Gasteiger charge is -2.02. The van der Waals surface area contributed by atoms with Gasteiger partial charge >= 0.3 is 0 Å². The lowest BCUT2D eigenvalue weighted by Crippen LogP contribution is -2.01. The van der Waals surface area contributed by atoms with Crippen LogP contribution in [0.3, 0.4) is 0 Å². The Morgan fingerprint density at radius 1 is 1.40 bits per heavy atom. The predicted molar refractivity (Wildman–Crippen MR) is 60.8 cm³/mol. The maximum absolute atomic E-state index is 9.46. The molecule has 2 nitrogen and oxygen atoms in total. The number of aliphatic hydroxyl groups is 1. The highest BCUT2D eigenvalue weighted by Gasteiger charge is 1.98. The van der Waals surface area contributed by atoms with E-state index in [2.05, 4.69) is 11.8 Å². The quantitative estimate of drug-likeness (QED) is 0.765. The standard InChI is InChI=1S/C13H16O2/c1-3-6-12(14)10-9-11-7-4-5-8-13(11)15-2/h4-5,7-8,12,14H,3,6H2,1-2H3. The van der Waals surface area contributed by atoms with E-state index in [4.69, 9.17) is 4.74 Å². The van der Waals surface area contributed by atoms with Gasteiger partial charge in [0.2, 0.25) is 0 Å². The van der Waals surface area contributed by atoms with Gasteiger partial charge in [0.05, 0.1) is 12.7 Å². The maximum atomic E-state index is 9.46. The van der Waals surface area contributed by atoms with Gasteiger partial charge in [0.1, 0.15) is 11.9 Å². The zero-order chi connectivity index (χ0) is 11.1. The summed E-state index contributed by atoms with van der Waals surface area (Å²) in [5.74, 6) is 6.47. The lowest BCUT2D eigenvalue weighted by molar-refractivity contribution is 0.221. The van der Waals surface area contributed by atoms with Crippen molar-refractivity contribution in [3.63, 3.8) is 0 Å². The van der Waals surface area contributed by atoms with E-state index in [1.807, 2.05) is 31.2 Å². The molecule has 0 saturated heterocycles. The van der Waals surface area contributed by atoms with Crippen LogP contribution < -0.4 is 4.74 Å². The monoisotopic (exact) mass is 204 g/mol. The van der Waals surface area contributed by atoms with Crippen LogP contribution in [0.4, 0.5) is 0 Å². The Bertz CT molecular complexity index is 360. The molecule has 80 valence electrons. The molecule has 0 amide bonds. The highest BCUT2D eigenvalue weighted by atomic mass is 16.5. The second-order valence-electron chi connectivity index (χ2n) is 3.27. The minimum Gasteiger partial charge on any atom is -0.495 e. The van der Waals surface area contributed by atoms with Gasteiger partial charge in [-0.2, -0.15) is 0 Å². The molecule has 1 aromatic carbocycles. The van der Waals surface area contributed by atoms with Crippen molar-refractivity contribution in [1.82, 2.24) is 0 Å². The number of methoxy groups -OCH3 is 1. The average Bonchev–Trinajstić information content (AvgIpc) is 2.27. The topological polar surface area (TPSA) is 29.5 Å². The summed E-state index contributed by atoms with van der Waals surface area (Å²) in [4.78, 5) is 0. The van der Waals surface area contributed by atoms with Crippen molar-refractivity contribution in [2.75, 3.05) is 7.11 Å². The third kappa shape index (κ3) is 3.65. The third-order valence-electron chi connectivity index (χ3n) is 2.04. The van der Waals surface area contributed by atoms with E-state index in [0.717, 1.165) is 17.7 Å². The molecule has 0 aliphatic rings. The Hall–Kier alpha value is -1.46. The Kier molecular flexibility index (Phi) is 4.73. The Morgan fingerprint density at radius 2 is 2.13 bits per heavy atom. The Morgan fingerprint density at radius 3 is 2.80 bits per heavy atom. The summed E-state index contributed by atoms with van der Waals surface area (Å²) in [6.07, 6.45) is 1.10. The normalized spacial score (nSPS) is 11.4. The van der Waals surface area contributed by atoms with Crippen LogP contribution in [-0.4, -0.2) is 18.3 Å². The fraction of sp³-hybridized carbons (Fsp3) is 0.385. The van der Waals surface area contributed by atoms with E-state index >= 15 is 0 Å². The molecule has 15 heavy (non-hydrogen) atoms. The Labute approximate surface area is 90.9 Å². The maximum Gasteiger partial charge on any atom is 0.134 e. The van der Waals surface area contributed by atoms with E-state index in [9.17, 15) is 5.11 Å². The number of rotatable bonds is 3. The fourth-order valence-corrected chi connectivity index (χ4v) is 1.25. The molecule has 2 heteroatoms. The van der Waals surface area contributed by atoms with Gasteiger partial charge < -0.3 is 9.84 Å². The first-order valence-electron chi connectivity index (χ1n) is 5.10. The van der Waals surface area contributed by atoms with E-state index in [-0.39, 0.29) is 0 Å². The number of hydrogen-bond acceptors (Lipinski definition) is 2. The summed E-state index contributed by atoms with van der Waals surface area (Å²) in [6, 6.07) is 7.53. The van der Waals surface area contributed by atoms with E-state index in [0.29, 0.717) is 6.42 Å². The molecule has 0 aliphatic heterocycles. The summed E-state index contributed by atoms with van der Waals surface area (Å²) in [5, 5.41) is 9.46. The fourth-order valence-electron chi connectivity index (χ4n) is 1.25. The molecule has 1 rings (SSSR count). The summed E-state index contributed by atoms with van der Waals surface area (Å²) in [5.41, 5.74) is 0.815. The van der Waals surface area contributed by atoms with E-state index in [1.165, 1.54) is 0 Å². The van der Waals surface area contributed by atoms with Crippen LogP contribution in [0.1, 0.15) is 25.3 Å². The van der Waals surface area contributed by atoms with Gasteiger partial charge in [-0.25, -0.2) is 0 Å². The van der Waals surface area contributed by atoms with Crippen molar-refractivity contribution in [3.05, 3.63) is 29.8 Å². The average molecular weight is 204 g/mol. The van der Waals surface area contributed by atoms with Crippen molar-refractivity contribution in [3.8, 4) is 17.6 Å². The van der Waals surface area contributed by atoms with Crippen molar-refractivity contribution in [2.24, 2.45) is 0 Å². The van der Waals surface area contributed by atoms with Gasteiger partial charge in [0, 0.05) is 0 Å². The zero-order valence-electron chi connectivity index (χ0n) is 9.16. The van der Waals surface area contributed by atoms with Gasteiger partial charge in [-0.3, -0.25) is 0 Å². The molecular formula is C13H16O2. The van der Waals surface area contributed by atoms with Gasteiger partial charge in [-0.15, -0.1) is 0 Å². The molecule has 0 aliphatic carbocycles. The first-order valence-corrected chi connectivity index (χ1v) is 5.10. The van der Waals surface area contributed by atoms with E-state index < -0.39 is 6.10 Å². The third-order valence-corrected chi connectivity index (χ3v) is 2.04. The van der Waals surface area contributed by atoms with Crippen LogP contribution in [-0.2, 0) is 0 Å². The van der Waals surface area contributed by atoms with Gasteiger partial charge in [0.25, 0.3) is 0 Å². The van der Waals surface area contributed by atoms with Crippen molar-refractivity contribution < 1.29 is 9.84 Å². The molecule has 0 heterocycles. The van der Waals surface area contributed by atoms with Gasteiger partial charge in [-0.1, -0.05) is 37.3 Å². The Balaban J connectivity index is 2.78. The van der Waals surface area contributed by atoms with Gasteiger partial charge in [0.15, 0.2) is 0 Å². The second-order valence-corrected chi connectivity index (χ2v) is 3.27. The molecule has 1 unspecified atom stereocenters. The predicted octanol–water partition coefficient (Wildman–Crippen LogP) is 2.21. The SMILES string of the molecule is CCCC(O)C#Cc1ccccc1OC. The lowest BCUT2D eigenvalue weighted by atomic mass is 10.1. The summed E-state index contributed by atoms with van der Waals surface area (Å²) in [6.45, 7) is 2.02. The molecule has 0 saturated carbocycles. The first-order chi connectivity index (χ1) is 7.27. The summed E-state index contributed by atoms with van der Waals surface area (Å²) >= 11 is 0. The van der Waals surface area contributed by atoms with Crippen LogP contribution in [0.5, 0.6) is 5.75 Å². The number of para-hydroxylation sites is 1. The van der Waals surface area contributed by atoms with Gasteiger partial charge in [-0.05, 0) is 18.6 Å². The molecule has 0 radical (unpaired) electrons. The minimum absolute atomic E-state index is 0.542. The number of ether oxygens (including phenoxy) is 1. The molecule has 0 bridgehead atoms. The number of benzene rings is 1. The highest BCUT2D eigenvalue weighted by Crippen LogP contribution is 2.15. The van der Waals surface area contributed by atoms with Crippen LogP contribution >= 0.6 is 0 Å². The summed E-state index contributed by atoms with van der Waals surface area (Å²) in [7, 11) is 1.61. The van der Waals surface area contributed by atoms with Crippen LogP contribution in [0.25, 0.3) is 0 Å². The van der Waals surface area contributed by atoms with E-state index in [1.54, 1.807) is 7.11 Å². The van der Waals surface area contributed by atoms with Crippen molar-refractivity contribution in [1.29, 1.82) is 0 Å². The van der Waals surface area contributed by atoms with Crippen LogP contribution in [0.15, 0.2) is 24.3 Å². The van der Waals surface area contributed by atoms with Crippen molar-refractivity contribution in [2.45, 2.75) is 25.9 Å². The van der Waals surface area contributed by atoms with Crippen molar-refractivity contribution >= 4 is 0 Å². The first kappa shape index (κ1) is 11.6. The largest absolute Gasteiger partial charge is 0.495 e. The van der Waals surface area contributed by atoms with Crippen LogP contribution in [0.2, 0.25) is 0 Å².